The molecule has 0 aliphatic heterocycles. The molecular weight excluding hydrogens is 224 g/mol. The van der Waals surface area contributed by atoms with Gasteiger partial charge in [0.1, 0.15) is 12.4 Å². The predicted molar refractivity (Wildman–Crippen MR) is 73.7 cm³/mol. The molecule has 0 fully saturated rings. The summed E-state index contributed by atoms with van der Waals surface area (Å²) in [6.45, 7) is 8.25. The van der Waals surface area contributed by atoms with Crippen molar-refractivity contribution in [1.82, 2.24) is 4.90 Å². The summed E-state index contributed by atoms with van der Waals surface area (Å²) < 4.78 is 5.68. The second-order valence-electron chi connectivity index (χ2n) is 4.33. The van der Waals surface area contributed by atoms with Crippen molar-refractivity contribution in [2.45, 2.75) is 26.7 Å². The molecule has 0 N–H and O–H groups in total. The van der Waals surface area contributed by atoms with E-state index in [4.69, 9.17) is 10.00 Å². The Kier molecular flexibility index (Phi) is 6.90. The second kappa shape index (κ2) is 8.54. The molecular formula is C15H22N2O. The number of nitriles is 1. The Balaban J connectivity index is 2.37. The van der Waals surface area contributed by atoms with Crippen LogP contribution in [0.25, 0.3) is 0 Å². The highest BCUT2D eigenvalue weighted by Gasteiger charge is 2.03. The summed E-state index contributed by atoms with van der Waals surface area (Å²) in [5.41, 5.74) is 0.645. The first-order valence-electron chi connectivity index (χ1n) is 6.65. The molecule has 3 nitrogen and oxygen atoms in total. The van der Waals surface area contributed by atoms with Gasteiger partial charge in [-0.1, -0.05) is 19.9 Å². The number of ether oxygens (including phenoxy) is 1. The van der Waals surface area contributed by atoms with Crippen molar-refractivity contribution in [3.8, 4) is 11.8 Å². The molecule has 18 heavy (non-hydrogen) atoms. The lowest BCUT2D eigenvalue weighted by molar-refractivity contribution is 0.209. The smallest absolute Gasteiger partial charge is 0.120 e. The van der Waals surface area contributed by atoms with Crippen LogP contribution in [-0.2, 0) is 0 Å². The Hall–Kier alpha value is -1.53. The molecule has 0 aliphatic carbocycles. The highest BCUT2D eigenvalue weighted by Crippen LogP contribution is 2.12. The van der Waals surface area contributed by atoms with E-state index in [1.54, 1.807) is 12.1 Å². The van der Waals surface area contributed by atoms with E-state index in [-0.39, 0.29) is 0 Å². The van der Waals surface area contributed by atoms with Crippen molar-refractivity contribution >= 4 is 0 Å². The van der Waals surface area contributed by atoms with E-state index in [1.807, 2.05) is 12.1 Å². The number of rotatable bonds is 8. The van der Waals surface area contributed by atoms with E-state index < -0.39 is 0 Å². The minimum atomic E-state index is 0.645. The summed E-state index contributed by atoms with van der Waals surface area (Å²) >= 11 is 0. The van der Waals surface area contributed by atoms with E-state index in [0.717, 1.165) is 25.4 Å². The molecule has 0 aliphatic rings. The molecule has 0 spiro atoms. The lowest BCUT2D eigenvalue weighted by Gasteiger charge is -2.20. The largest absolute Gasteiger partial charge is 0.492 e. The first-order chi connectivity index (χ1) is 8.80. The average Bonchev–Trinajstić information content (AvgIpc) is 2.39. The molecule has 0 saturated heterocycles. The Morgan fingerprint density at radius 3 is 2.50 bits per heavy atom. The molecule has 1 rings (SSSR count). The van der Waals surface area contributed by atoms with Crippen molar-refractivity contribution in [2.24, 2.45) is 0 Å². The number of benzene rings is 1. The van der Waals surface area contributed by atoms with Gasteiger partial charge in [0.25, 0.3) is 0 Å². The highest BCUT2D eigenvalue weighted by molar-refractivity contribution is 5.36. The van der Waals surface area contributed by atoms with Gasteiger partial charge in [0.05, 0.1) is 11.6 Å². The van der Waals surface area contributed by atoms with Crippen LogP contribution in [0, 0.1) is 11.3 Å². The summed E-state index contributed by atoms with van der Waals surface area (Å²) in [5.74, 6) is 0.780. The minimum absolute atomic E-state index is 0.645. The average molecular weight is 246 g/mol. The zero-order valence-corrected chi connectivity index (χ0v) is 11.4. The first-order valence-corrected chi connectivity index (χ1v) is 6.65. The lowest BCUT2D eigenvalue weighted by Crippen LogP contribution is -2.30. The summed E-state index contributed by atoms with van der Waals surface area (Å²) in [6.07, 6.45) is 2.34. The molecule has 0 unspecified atom stereocenters. The van der Waals surface area contributed by atoms with Gasteiger partial charge in [-0.3, -0.25) is 4.90 Å². The Morgan fingerprint density at radius 2 is 1.89 bits per heavy atom. The summed E-state index contributed by atoms with van der Waals surface area (Å²) in [6, 6.07) is 9.43. The fourth-order valence-electron chi connectivity index (χ4n) is 1.92. The molecule has 0 atom stereocenters. The van der Waals surface area contributed by atoms with Gasteiger partial charge in [-0.15, -0.1) is 0 Å². The van der Waals surface area contributed by atoms with Crippen LogP contribution in [0.3, 0.4) is 0 Å². The van der Waals surface area contributed by atoms with E-state index in [2.05, 4.69) is 24.8 Å². The van der Waals surface area contributed by atoms with Crippen LogP contribution in [0.2, 0.25) is 0 Å². The Morgan fingerprint density at radius 1 is 1.17 bits per heavy atom. The molecule has 3 heteroatoms. The number of hydrogen-bond donors (Lipinski definition) is 0. The summed E-state index contributed by atoms with van der Waals surface area (Å²) in [4.78, 5) is 2.41. The van der Waals surface area contributed by atoms with E-state index in [0.29, 0.717) is 12.2 Å². The molecule has 0 aromatic heterocycles. The lowest BCUT2D eigenvalue weighted by atomic mass is 10.2. The SMILES string of the molecule is CCCN(CCC)CCOc1cccc(C#N)c1. The fraction of sp³-hybridized carbons (Fsp3) is 0.533. The summed E-state index contributed by atoms with van der Waals surface area (Å²) in [5, 5.41) is 8.80. The van der Waals surface area contributed by atoms with E-state index >= 15 is 0 Å². The zero-order chi connectivity index (χ0) is 13.2. The first kappa shape index (κ1) is 14.5. The number of nitrogens with zero attached hydrogens (tertiary/aromatic N) is 2. The third-order valence-electron chi connectivity index (χ3n) is 2.72. The van der Waals surface area contributed by atoms with Gasteiger partial charge in [-0.25, -0.2) is 0 Å². The maximum Gasteiger partial charge on any atom is 0.120 e. The quantitative estimate of drug-likeness (QED) is 0.707. The van der Waals surface area contributed by atoms with E-state index in [1.165, 1.54) is 12.8 Å². The van der Waals surface area contributed by atoms with Crippen molar-refractivity contribution in [3.63, 3.8) is 0 Å². The molecule has 0 radical (unpaired) electrons. The monoisotopic (exact) mass is 246 g/mol. The Labute approximate surface area is 110 Å². The minimum Gasteiger partial charge on any atom is -0.492 e. The third kappa shape index (κ3) is 5.20. The molecule has 1 aromatic rings. The van der Waals surface area contributed by atoms with Gasteiger partial charge in [-0.2, -0.15) is 5.26 Å². The van der Waals surface area contributed by atoms with Crippen LogP contribution in [0.4, 0.5) is 0 Å². The number of hydrogen-bond acceptors (Lipinski definition) is 3. The van der Waals surface area contributed by atoms with E-state index in [9.17, 15) is 0 Å². The van der Waals surface area contributed by atoms with Gasteiger partial charge >= 0.3 is 0 Å². The van der Waals surface area contributed by atoms with Crippen molar-refractivity contribution in [1.29, 1.82) is 5.26 Å². The predicted octanol–water partition coefficient (Wildman–Crippen LogP) is 3.06. The summed E-state index contributed by atoms with van der Waals surface area (Å²) in [7, 11) is 0. The molecule has 0 bridgehead atoms. The molecule has 0 amide bonds. The van der Waals surface area contributed by atoms with Crippen LogP contribution in [0.1, 0.15) is 32.3 Å². The van der Waals surface area contributed by atoms with Gasteiger partial charge < -0.3 is 4.74 Å². The van der Waals surface area contributed by atoms with Crippen molar-refractivity contribution in [2.75, 3.05) is 26.2 Å². The van der Waals surface area contributed by atoms with Crippen molar-refractivity contribution in [3.05, 3.63) is 29.8 Å². The molecule has 0 saturated carbocycles. The zero-order valence-electron chi connectivity index (χ0n) is 11.4. The highest BCUT2D eigenvalue weighted by atomic mass is 16.5. The Bertz CT molecular complexity index is 378. The van der Waals surface area contributed by atoms with Gasteiger partial charge in [0.2, 0.25) is 0 Å². The van der Waals surface area contributed by atoms with Crippen LogP contribution in [0.5, 0.6) is 5.75 Å². The maximum atomic E-state index is 8.80. The fourth-order valence-corrected chi connectivity index (χ4v) is 1.92. The van der Waals surface area contributed by atoms with Crippen LogP contribution >= 0.6 is 0 Å². The topological polar surface area (TPSA) is 36.3 Å². The van der Waals surface area contributed by atoms with Crippen LogP contribution < -0.4 is 4.74 Å². The molecule has 1 aromatic carbocycles. The van der Waals surface area contributed by atoms with Gasteiger partial charge in [0.15, 0.2) is 0 Å². The van der Waals surface area contributed by atoms with Crippen molar-refractivity contribution < 1.29 is 4.74 Å². The molecule has 0 heterocycles. The van der Waals surface area contributed by atoms with Gasteiger partial charge in [-0.05, 0) is 44.1 Å². The third-order valence-corrected chi connectivity index (χ3v) is 2.72. The normalized spacial score (nSPS) is 10.3. The standard InChI is InChI=1S/C15H22N2O/c1-3-8-17(9-4-2)10-11-18-15-7-5-6-14(12-15)13-16/h5-7,12H,3-4,8-11H2,1-2H3. The van der Waals surface area contributed by atoms with Gasteiger partial charge in [0, 0.05) is 6.54 Å². The second-order valence-corrected chi connectivity index (χ2v) is 4.33. The maximum absolute atomic E-state index is 8.80. The van der Waals surface area contributed by atoms with Crippen LogP contribution in [0.15, 0.2) is 24.3 Å². The van der Waals surface area contributed by atoms with Crippen LogP contribution in [-0.4, -0.2) is 31.1 Å². The molecule has 98 valence electrons.